The Bertz CT molecular complexity index is 813. The minimum atomic E-state index is -4.93. The standard InChI is InChI=1S/C18H13F6NO2/c19-17(20,21)14(12-6-2-1-3-7-12)10-16(26)25-11-13-8-4-5-9-15(13)27-18(22,23)24/h1-10H,11H2,(H,25,26)/b14-10-. The normalized spacial score (nSPS) is 12.6. The van der Waals surface area contributed by atoms with Crippen LogP contribution in [0.1, 0.15) is 11.1 Å². The highest BCUT2D eigenvalue weighted by Crippen LogP contribution is 2.33. The number of ether oxygens (including phenoxy) is 1. The lowest BCUT2D eigenvalue weighted by atomic mass is 10.1. The lowest BCUT2D eigenvalue weighted by Crippen LogP contribution is -2.24. The smallest absolute Gasteiger partial charge is 0.405 e. The van der Waals surface area contributed by atoms with E-state index in [1.165, 1.54) is 48.5 Å². The van der Waals surface area contributed by atoms with Gasteiger partial charge in [0, 0.05) is 18.2 Å². The van der Waals surface area contributed by atoms with Crippen molar-refractivity contribution in [2.45, 2.75) is 19.1 Å². The third kappa shape index (κ3) is 6.36. The maximum Gasteiger partial charge on any atom is 0.573 e. The first-order valence-corrected chi connectivity index (χ1v) is 7.52. The average molecular weight is 389 g/mol. The Labute approximate surface area is 150 Å². The van der Waals surface area contributed by atoms with Crippen molar-refractivity contribution < 1.29 is 35.9 Å². The van der Waals surface area contributed by atoms with Crippen LogP contribution in [0.4, 0.5) is 26.3 Å². The number of halogens is 6. The number of carbonyl (C=O) groups excluding carboxylic acids is 1. The molecular weight excluding hydrogens is 376 g/mol. The molecule has 2 aromatic carbocycles. The van der Waals surface area contributed by atoms with Gasteiger partial charge in [-0.2, -0.15) is 13.2 Å². The second kappa shape index (κ2) is 8.15. The molecule has 0 aliphatic rings. The van der Waals surface area contributed by atoms with Gasteiger partial charge in [0.25, 0.3) is 0 Å². The zero-order chi connectivity index (χ0) is 20.1. The van der Waals surface area contributed by atoms with E-state index in [1.807, 2.05) is 0 Å². The molecular formula is C18H13F6NO2. The Balaban J connectivity index is 2.17. The summed E-state index contributed by atoms with van der Waals surface area (Å²) < 4.78 is 80.5. The summed E-state index contributed by atoms with van der Waals surface area (Å²) in [4.78, 5) is 11.9. The summed E-state index contributed by atoms with van der Waals surface area (Å²) in [6, 6.07) is 11.7. The molecule has 0 radical (unpaired) electrons. The molecule has 0 bridgehead atoms. The van der Waals surface area contributed by atoms with Gasteiger partial charge in [-0.3, -0.25) is 4.79 Å². The molecule has 0 heterocycles. The number of amides is 1. The van der Waals surface area contributed by atoms with Crippen LogP contribution in [-0.2, 0) is 11.3 Å². The third-order valence-corrected chi connectivity index (χ3v) is 3.32. The number of carbonyl (C=O) groups is 1. The second-order valence-electron chi connectivity index (χ2n) is 5.30. The Hall–Kier alpha value is -2.97. The van der Waals surface area contributed by atoms with E-state index in [4.69, 9.17) is 0 Å². The van der Waals surface area contributed by atoms with E-state index in [0.29, 0.717) is 6.08 Å². The molecule has 1 amide bonds. The predicted octanol–water partition coefficient (Wildman–Crippen LogP) is 4.85. The van der Waals surface area contributed by atoms with E-state index in [0.717, 1.165) is 6.07 Å². The molecule has 0 spiro atoms. The molecule has 3 nitrogen and oxygen atoms in total. The minimum Gasteiger partial charge on any atom is -0.405 e. The van der Waals surface area contributed by atoms with Gasteiger partial charge in [0.05, 0.1) is 5.57 Å². The van der Waals surface area contributed by atoms with Crippen molar-refractivity contribution in [3.05, 3.63) is 71.8 Å². The topological polar surface area (TPSA) is 38.3 Å². The van der Waals surface area contributed by atoms with Gasteiger partial charge in [0.15, 0.2) is 0 Å². The highest BCUT2D eigenvalue weighted by atomic mass is 19.4. The van der Waals surface area contributed by atoms with E-state index in [9.17, 15) is 31.1 Å². The first kappa shape index (κ1) is 20.3. The SMILES string of the molecule is O=C(/C=C(/c1ccccc1)C(F)(F)F)NCc1ccccc1OC(F)(F)F. The fourth-order valence-corrected chi connectivity index (χ4v) is 2.19. The Kier molecular flexibility index (Phi) is 6.14. The van der Waals surface area contributed by atoms with Gasteiger partial charge < -0.3 is 10.1 Å². The van der Waals surface area contributed by atoms with Crippen LogP contribution in [0.25, 0.3) is 5.57 Å². The van der Waals surface area contributed by atoms with E-state index < -0.39 is 36.3 Å². The summed E-state index contributed by atoms with van der Waals surface area (Å²) in [6.45, 7) is -0.443. The number of hydrogen-bond donors (Lipinski definition) is 1. The fraction of sp³-hybridized carbons (Fsp3) is 0.167. The summed E-state index contributed by atoms with van der Waals surface area (Å²) in [5.41, 5.74) is -1.41. The Morgan fingerprint density at radius 3 is 2.11 bits per heavy atom. The van der Waals surface area contributed by atoms with Crippen molar-refractivity contribution >= 4 is 11.5 Å². The summed E-state index contributed by atoms with van der Waals surface area (Å²) in [7, 11) is 0. The zero-order valence-corrected chi connectivity index (χ0v) is 13.6. The number of benzene rings is 2. The van der Waals surface area contributed by atoms with Crippen molar-refractivity contribution in [3.63, 3.8) is 0 Å². The van der Waals surface area contributed by atoms with Crippen LogP contribution in [-0.4, -0.2) is 18.4 Å². The van der Waals surface area contributed by atoms with Gasteiger partial charge in [0.1, 0.15) is 5.75 Å². The lowest BCUT2D eigenvalue weighted by Gasteiger charge is -2.14. The van der Waals surface area contributed by atoms with Gasteiger partial charge in [-0.15, -0.1) is 13.2 Å². The molecule has 0 aromatic heterocycles. The molecule has 144 valence electrons. The molecule has 1 N–H and O–H groups in total. The summed E-state index contributed by atoms with van der Waals surface area (Å²) in [5.74, 6) is -1.65. The summed E-state index contributed by atoms with van der Waals surface area (Å²) >= 11 is 0. The zero-order valence-electron chi connectivity index (χ0n) is 13.6. The Morgan fingerprint density at radius 2 is 1.52 bits per heavy atom. The number of nitrogens with one attached hydrogen (secondary N) is 1. The molecule has 0 atom stereocenters. The third-order valence-electron chi connectivity index (χ3n) is 3.32. The maximum absolute atomic E-state index is 13.2. The van der Waals surface area contributed by atoms with Gasteiger partial charge in [0.2, 0.25) is 5.91 Å². The van der Waals surface area contributed by atoms with Gasteiger partial charge in [-0.1, -0.05) is 48.5 Å². The van der Waals surface area contributed by atoms with Crippen LogP contribution < -0.4 is 10.1 Å². The number of allylic oxidation sites excluding steroid dienone is 1. The molecule has 27 heavy (non-hydrogen) atoms. The first-order valence-electron chi connectivity index (χ1n) is 7.52. The van der Waals surface area contributed by atoms with Crippen molar-refractivity contribution in [2.24, 2.45) is 0 Å². The first-order chi connectivity index (χ1) is 12.6. The molecule has 2 aromatic rings. The lowest BCUT2D eigenvalue weighted by molar-refractivity contribution is -0.274. The fourth-order valence-electron chi connectivity index (χ4n) is 2.19. The van der Waals surface area contributed by atoms with Crippen molar-refractivity contribution in [3.8, 4) is 5.75 Å². The van der Waals surface area contributed by atoms with Crippen LogP contribution >= 0.6 is 0 Å². The maximum atomic E-state index is 13.2. The van der Waals surface area contributed by atoms with Crippen molar-refractivity contribution in [1.82, 2.24) is 5.32 Å². The van der Waals surface area contributed by atoms with Crippen molar-refractivity contribution in [1.29, 1.82) is 0 Å². The van der Waals surface area contributed by atoms with E-state index >= 15 is 0 Å². The van der Waals surface area contributed by atoms with Crippen LogP contribution in [0.3, 0.4) is 0 Å². The average Bonchev–Trinajstić information content (AvgIpc) is 2.57. The largest absolute Gasteiger partial charge is 0.573 e. The molecule has 0 saturated heterocycles. The van der Waals surface area contributed by atoms with Crippen LogP contribution in [0.2, 0.25) is 0 Å². The molecule has 0 aliphatic carbocycles. The molecule has 0 saturated carbocycles. The number of hydrogen-bond acceptors (Lipinski definition) is 2. The van der Waals surface area contributed by atoms with Crippen LogP contribution in [0.5, 0.6) is 5.75 Å². The molecule has 0 fully saturated rings. The quantitative estimate of drug-likeness (QED) is 0.587. The van der Waals surface area contributed by atoms with Crippen LogP contribution in [0.15, 0.2) is 60.7 Å². The van der Waals surface area contributed by atoms with Gasteiger partial charge in [-0.05, 0) is 11.6 Å². The Morgan fingerprint density at radius 1 is 0.926 bits per heavy atom. The summed E-state index contributed by atoms with van der Waals surface area (Å²) in [5, 5.41) is 2.13. The molecule has 2 rings (SSSR count). The monoisotopic (exact) mass is 389 g/mol. The highest BCUT2D eigenvalue weighted by Gasteiger charge is 2.35. The predicted molar refractivity (Wildman–Crippen MR) is 85.4 cm³/mol. The molecule has 9 heteroatoms. The van der Waals surface area contributed by atoms with Gasteiger partial charge >= 0.3 is 12.5 Å². The van der Waals surface area contributed by atoms with Gasteiger partial charge in [-0.25, -0.2) is 0 Å². The minimum absolute atomic E-state index is 0.0372. The number of rotatable bonds is 5. The van der Waals surface area contributed by atoms with E-state index in [1.54, 1.807) is 0 Å². The highest BCUT2D eigenvalue weighted by molar-refractivity contribution is 5.96. The number of para-hydroxylation sites is 1. The molecule has 0 unspecified atom stereocenters. The molecule has 0 aliphatic heterocycles. The van der Waals surface area contributed by atoms with Crippen molar-refractivity contribution in [2.75, 3.05) is 0 Å². The summed E-state index contributed by atoms with van der Waals surface area (Å²) in [6.07, 6.45) is -9.35. The van der Waals surface area contributed by atoms with E-state index in [-0.39, 0.29) is 11.1 Å². The number of alkyl halides is 6. The van der Waals surface area contributed by atoms with Crippen LogP contribution in [0, 0.1) is 0 Å². The second-order valence-corrected chi connectivity index (χ2v) is 5.30. The van der Waals surface area contributed by atoms with E-state index in [2.05, 4.69) is 10.1 Å².